The van der Waals surface area contributed by atoms with Crippen LogP contribution >= 0.6 is 22.9 Å². The molecule has 0 unspecified atom stereocenters. The predicted molar refractivity (Wildman–Crippen MR) is 84.4 cm³/mol. The van der Waals surface area contributed by atoms with Crippen molar-refractivity contribution in [2.45, 2.75) is 16.9 Å². The van der Waals surface area contributed by atoms with E-state index in [0.717, 1.165) is 11.3 Å². The molecule has 1 aromatic heterocycles. The van der Waals surface area contributed by atoms with E-state index < -0.39 is 15.8 Å². The Kier molecular flexibility index (Phi) is 4.79. The van der Waals surface area contributed by atoms with E-state index in [-0.39, 0.29) is 21.3 Å². The van der Waals surface area contributed by atoms with E-state index >= 15 is 0 Å². The molecule has 0 aliphatic heterocycles. The fraction of sp³-hybridized carbons (Fsp3) is 0.214. The van der Waals surface area contributed by atoms with Crippen molar-refractivity contribution in [3.05, 3.63) is 45.3 Å². The molecule has 0 amide bonds. The number of aromatic hydroxyl groups is 1. The minimum Gasteiger partial charge on any atom is -0.507 e. The fourth-order valence-corrected chi connectivity index (χ4v) is 4.95. The van der Waals surface area contributed by atoms with Crippen molar-refractivity contribution in [1.82, 2.24) is 0 Å². The Morgan fingerprint density at radius 1 is 1.36 bits per heavy atom. The largest absolute Gasteiger partial charge is 0.507 e. The second kappa shape index (κ2) is 6.28. The third kappa shape index (κ3) is 3.43. The van der Waals surface area contributed by atoms with Crippen LogP contribution in [0.5, 0.6) is 5.75 Å². The standard InChI is InChI=1S/C14H13ClO5S2/c1-8-5-12(21-13(8)15)22(18,19)7-9-3-4-10(11(16)6-9)14(17)20-2/h3-6,16H,7H2,1-2H3. The highest BCUT2D eigenvalue weighted by Gasteiger charge is 2.21. The lowest BCUT2D eigenvalue weighted by molar-refractivity contribution is 0.0597. The Balaban J connectivity index is 2.30. The number of methoxy groups -OCH3 is 1. The van der Waals surface area contributed by atoms with Crippen LogP contribution in [0.4, 0.5) is 0 Å². The first-order valence-corrected chi connectivity index (χ1v) is 8.98. The SMILES string of the molecule is COC(=O)c1ccc(CS(=O)(=O)c2cc(C)c(Cl)s2)cc1O. The van der Waals surface area contributed by atoms with Crippen molar-refractivity contribution in [1.29, 1.82) is 0 Å². The van der Waals surface area contributed by atoms with Gasteiger partial charge in [-0.1, -0.05) is 17.7 Å². The minimum atomic E-state index is -3.56. The summed E-state index contributed by atoms with van der Waals surface area (Å²) in [4.78, 5) is 11.4. The maximum absolute atomic E-state index is 12.3. The van der Waals surface area contributed by atoms with Crippen LogP contribution in [0.2, 0.25) is 4.34 Å². The summed E-state index contributed by atoms with van der Waals surface area (Å²) in [7, 11) is -2.37. The highest BCUT2D eigenvalue weighted by molar-refractivity contribution is 7.92. The lowest BCUT2D eigenvalue weighted by atomic mass is 10.1. The third-order valence-corrected chi connectivity index (χ3v) is 6.77. The second-order valence-electron chi connectivity index (χ2n) is 4.62. The first kappa shape index (κ1) is 16.8. The third-order valence-electron chi connectivity index (χ3n) is 2.97. The molecule has 8 heteroatoms. The van der Waals surface area contributed by atoms with Gasteiger partial charge in [-0.05, 0) is 36.2 Å². The topological polar surface area (TPSA) is 80.7 Å². The van der Waals surface area contributed by atoms with Gasteiger partial charge in [-0.25, -0.2) is 13.2 Å². The molecule has 0 saturated heterocycles. The summed E-state index contributed by atoms with van der Waals surface area (Å²) < 4.78 is 29.8. The summed E-state index contributed by atoms with van der Waals surface area (Å²) in [6.45, 7) is 1.73. The minimum absolute atomic E-state index is 0.0151. The normalized spacial score (nSPS) is 11.4. The van der Waals surface area contributed by atoms with Crippen molar-refractivity contribution < 1.29 is 23.1 Å². The number of phenolic OH excluding ortho intramolecular Hbond substituents is 1. The number of esters is 1. The highest BCUT2D eigenvalue weighted by atomic mass is 35.5. The smallest absolute Gasteiger partial charge is 0.341 e. The van der Waals surface area contributed by atoms with Gasteiger partial charge in [0.05, 0.1) is 17.2 Å². The van der Waals surface area contributed by atoms with Gasteiger partial charge in [-0.2, -0.15) is 0 Å². The number of halogens is 1. The van der Waals surface area contributed by atoms with E-state index in [1.54, 1.807) is 6.92 Å². The van der Waals surface area contributed by atoms with Gasteiger partial charge < -0.3 is 9.84 Å². The number of hydrogen-bond donors (Lipinski definition) is 1. The fourth-order valence-electron chi connectivity index (χ4n) is 1.83. The number of hydrogen-bond acceptors (Lipinski definition) is 6. The van der Waals surface area contributed by atoms with Gasteiger partial charge in [0.25, 0.3) is 0 Å². The lowest BCUT2D eigenvalue weighted by Gasteiger charge is -2.06. The van der Waals surface area contributed by atoms with Crippen LogP contribution in [0.15, 0.2) is 28.5 Å². The van der Waals surface area contributed by atoms with Gasteiger partial charge in [-0.3, -0.25) is 0 Å². The van der Waals surface area contributed by atoms with Gasteiger partial charge in [0, 0.05) is 0 Å². The first-order chi connectivity index (χ1) is 10.2. The number of carbonyl (C=O) groups is 1. The highest BCUT2D eigenvalue weighted by Crippen LogP contribution is 2.32. The Labute approximate surface area is 137 Å². The molecule has 2 rings (SSSR count). The molecule has 0 aliphatic rings. The van der Waals surface area contributed by atoms with Gasteiger partial charge in [0.15, 0.2) is 9.84 Å². The molecule has 0 atom stereocenters. The van der Waals surface area contributed by atoms with E-state index in [1.165, 1.54) is 31.4 Å². The van der Waals surface area contributed by atoms with Crippen LogP contribution in [0.25, 0.3) is 0 Å². The number of ether oxygens (including phenoxy) is 1. The average molecular weight is 361 g/mol. The van der Waals surface area contributed by atoms with Crippen LogP contribution < -0.4 is 0 Å². The van der Waals surface area contributed by atoms with Crippen LogP contribution in [0.3, 0.4) is 0 Å². The van der Waals surface area contributed by atoms with E-state index in [9.17, 15) is 18.3 Å². The summed E-state index contributed by atoms with van der Waals surface area (Å²) >= 11 is 6.90. The maximum Gasteiger partial charge on any atom is 0.341 e. The molecule has 1 aromatic carbocycles. The molecule has 0 radical (unpaired) electrons. The van der Waals surface area contributed by atoms with Gasteiger partial charge in [-0.15, -0.1) is 11.3 Å². The number of rotatable bonds is 4. The molecule has 1 N–H and O–H groups in total. The van der Waals surface area contributed by atoms with Crippen molar-refractivity contribution in [3.63, 3.8) is 0 Å². The van der Waals surface area contributed by atoms with Gasteiger partial charge in [0.2, 0.25) is 0 Å². The number of phenols is 1. The Morgan fingerprint density at radius 3 is 2.55 bits per heavy atom. The molecule has 0 fully saturated rings. The lowest BCUT2D eigenvalue weighted by Crippen LogP contribution is -2.05. The van der Waals surface area contributed by atoms with E-state index in [2.05, 4.69) is 4.74 Å². The molecule has 0 spiro atoms. The molecule has 0 bridgehead atoms. The molecule has 22 heavy (non-hydrogen) atoms. The molecule has 0 aliphatic carbocycles. The van der Waals surface area contributed by atoms with Crippen LogP contribution in [-0.2, 0) is 20.3 Å². The Morgan fingerprint density at radius 2 is 2.05 bits per heavy atom. The van der Waals surface area contributed by atoms with Crippen LogP contribution in [0, 0.1) is 6.92 Å². The zero-order chi connectivity index (χ0) is 16.5. The number of benzene rings is 1. The van der Waals surface area contributed by atoms with Crippen LogP contribution in [0.1, 0.15) is 21.5 Å². The molecular formula is C14H13ClO5S2. The van der Waals surface area contributed by atoms with E-state index in [1.807, 2.05) is 0 Å². The quantitative estimate of drug-likeness (QED) is 0.847. The second-order valence-corrected chi connectivity index (χ2v) is 8.50. The van der Waals surface area contributed by atoms with Crippen molar-refractivity contribution in [2.24, 2.45) is 0 Å². The molecule has 1 heterocycles. The average Bonchev–Trinajstić information content (AvgIpc) is 2.78. The Bertz CT molecular complexity index is 804. The van der Waals surface area contributed by atoms with E-state index in [4.69, 9.17) is 11.6 Å². The molecule has 2 aromatic rings. The van der Waals surface area contributed by atoms with Crippen molar-refractivity contribution in [2.75, 3.05) is 7.11 Å². The summed E-state index contributed by atoms with van der Waals surface area (Å²) in [5.74, 6) is -1.30. The molecule has 5 nitrogen and oxygen atoms in total. The summed E-state index contributed by atoms with van der Waals surface area (Å²) in [6, 6.07) is 5.56. The monoisotopic (exact) mass is 360 g/mol. The Hall–Kier alpha value is -1.57. The maximum atomic E-state index is 12.3. The van der Waals surface area contributed by atoms with Crippen molar-refractivity contribution >= 4 is 38.7 Å². The number of thiophene rings is 1. The number of carbonyl (C=O) groups excluding carboxylic acids is 1. The zero-order valence-corrected chi connectivity index (χ0v) is 14.2. The zero-order valence-electron chi connectivity index (χ0n) is 11.8. The van der Waals surface area contributed by atoms with Crippen molar-refractivity contribution in [3.8, 4) is 5.75 Å². The number of sulfone groups is 1. The summed E-state index contributed by atoms with van der Waals surface area (Å²) in [5, 5.41) is 9.79. The van der Waals surface area contributed by atoms with Crippen LogP contribution in [-0.4, -0.2) is 26.6 Å². The molecular weight excluding hydrogens is 348 g/mol. The van der Waals surface area contributed by atoms with Gasteiger partial charge in [0.1, 0.15) is 15.5 Å². The summed E-state index contributed by atoms with van der Waals surface area (Å²) in [5.41, 5.74) is 1.06. The number of aryl methyl sites for hydroxylation is 1. The summed E-state index contributed by atoms with van der Waals surface area (Å²) in [6.07, 6.45) is 0. The molecule has 0 saturated carbocycles. The predicted octanol–water partition coefficient (Wildman–Crippen LogP) is 3.18. The molecule has 118 valence electrons. The first-order valence-electron chi connectivity index (χ1n) is 6.13. The van der Waals surface area contributed by atoms with Gasteiger partial charge >= 0.3 is 5.97 Å². The van der Waals surface area contributed by atoms with E-state index in [0.29, 0.717) is 15.5 Å².